The Kier molecular flexibility index (Phi) is 4.27. The number of carbonyl (C=O) groups excluding carboxylic acids is 2. The quantitative estimate of drug-likeness (QED) is 0.600. The van der Waals surface area contributed by atoms with Crippen LogP contribution in [0.4, 0.5) is 0 Å². The zero-order valence-corrected chi connectivity index (χ0v) is 13.3. The Morgan fingerprint density at radius 3 is 2.37 bits per heavy atom. The lowest BCUT2D eigenvalue weighted by Crippen LogP contribution is -2.57. The van der Waals surface area contributed by atoms with Crippen molar-refractivity contribution in [1.29, 1.82) is 0 Å². The Labute approximate surface area is 127 Å². The first-order chi connectivity index (χ1) is 8.95. The van der Waals surface area contributed by atoms with E-state index in [0.717, 1.165) is 14.5 Å². The number of benzene rings is 1. The molecule has 1 aliphatic heterocycles. The third kappa shape index (κ3) is 2.68. The highest BCUT2D eigenvalue weighted by molar-refractivity contribution is 9.11. The lowest BCUT2D eigenvalue weighted by Gasteiger charge is -2.39. The van der Waals surface area contributed by atoms with Crippen LogP contribution >= 0.6 is 31.9 Å². The first-order valence-corrected chi connectivity index (χ1v) is 7.25. The van der Waals surface area contributed by atoms with Crippen LogP contribution in [0.5, 0.6) is 0 Å². The minimum atomic E-state index is -0.587. The summed E-state index contributed by atoms with van der Waals surface area (Å²) in [6, 6.07) is 2.87. The number of hydroxylamine groups is 1. The third-order valence-corrected chi connectivity index (χ3v) is 4.87. The summed E-state index contributed by atoms with van der Waals surface area (Å²) in [7, 11) is 0. The van der Waals surface area contributed by atoms with Crippen LogP contribution in [0.15, 0.2) is 21.1 Å². The molecule has 7 heteroatoms. The monoisotopic (exact) mass is 390 g/mol. The number of halogens is 2. The average Bonchev–Trinajstić information content (AvgIpc) is 2.33. The van der Waals surface area contributed by atoms with Crippen LogP contribution in [0.25, 0.3) is 0 Å². The molecule has 0 bridgehead atoms. The van der Waals surface area contributed by atoms with Crippen LogP contribution in [0.1, 0.15) is 22.3 Å². The largest absolute Gasteiger partial charge is 0.326 e. The van der Waals surface area contributed by atoms with Gasteiger partial charge in [-0.15, -0.1) is 0 Å². The molecule has 2 amide bonds. The number of nitrogens with zero attached hydrogens (tertiary/aromatic N) is 1. The van der Waals surface area contributed by atoms with Gasteiger partial charge in [0.25, 0.3) is 11.8 Å². The first-order valence-electron chi connectivity index (χ1n) is 5.66. The van der Waals surface area contributed by atoms with Crippen LogP contribution in [0, 0.1) is 6.92 Å². The molecule has 1 atom stereocenters. The predicted octanol–water partition coefficient (Wildman–Crippen LogP) is 2.24. The second kappa shape index (κ2) is 5.60. The van der Waals surface area contributed by atoms with Crippen molar-refractivity contribution in [2.75, 3.05) is 6.54 Å². The average molecular weight is 392 g/mol. The van der Waals surface area contributed by atoms with Gasteiger partial charge in [-0.05, 0) is 31.0 Å². The lowest BCUT2D eigenvalue weighted by atomic mass is 10.0. The summed E-state index contributed by atoms with van der Waals surface area (Å²) >= 11 is 6.78. The Morgan fingerprint density at radius 1 is 1.37 bits per heavy atom. The van der Waals surface area contributed by atoms with Crippen LogP contribution in [0.3, 0.4) is 0 Å². The van der Waals surface area contributed by atoms with Crippen molar-refractivity contribution in [2.24, 2.45) is 0 Å². The molecule has 1 fully saturated rings. The van der Waals surface area contributed by atoms with E-state index in [1.165, 1.54) is 4.90 Å². The number of carbonyl (C=O) groups is 2. The highest BCUT2D eigenvalue weighted by Crippen LogP contribution is 2.28. The fourth-order valence-corrected chi connectivity index (χ4v) is 3.10. The number of hydrogen-bond donors (Lipinski definition) is 2. The molecule has 2 rings (SSSR count). The maximum atomic E-state index is 12.3. The minimum Gasteiger partial charge on any atom is -0.326 e. The molecule has 1 heterocycles. The highest BCUT2D eigenvalue weighted by Gasteiger charge is 2.38. The molecular weight excluding hydrogens is 380 g/mol. The summed E-state index contributed by atoms with van der Waals surface area (Å²) in [5.74, 6) is -0.772. The number of hydrogen-bond acceptors (Lipinski definition) is 3. The molecule has 19 heavy (non-hydrogen) atoms. The SMILES string of the molecule is Cc1c(Br)cc(C(=O)N2CC[C@@H]2C(=O)NO)cc1Br. The van der Waals surface area contributed by atoms with E-state index >= 15 is 0 Å². The Hall–Kier alpha value is -0.920. The summed E-state index contributed by atoms with van der Waals surface area (Å²) in [4.78, 5) is 25.1. The van der Waals surface area contributed by atoms with Gasteiger partial charge in [0.05, 0.1) is 0 Å². The van der Waals surface area contributed by atoms with Gasteiger partial charge in [0.15, 0.2) is 0 Å². The molecule has 0 saturated carbocycles. The van der Waals surface area contributed by atoms with Crippen molar-refractivity contribution < 1.29 is 14.8 Å². The van der Waals surface area contributed by atoms with E-state index in [9.17, 15) is 9.59 Å². The number of rotatable bonds is 2. The third-order valence-electron chi connectivity index (χ3n) is 3.22. The van der Waals surface area contributed by atoms with Crippen LogP contribution in [-0.4, -0.2) is 34.5 Å². The van der Waals surface area contributed by atoms with Crippen LogP contribution < -0.4 is 5.48 Å². The van der Waals surface area contributed by atoms with Gasteiger partial charge in [-0.2, -0.15) is 0 Å². The molecule has 2 N–H and O–H groups in total. The molecule has 5 nitrogen and oxygen atoms in total. The van der Waals surface area contributed by atoms with E-state index < -0.39 is 11.9 Å². The van der Waals surface area contributed by atoms with Gasteiger partial charge in [-0.1, -0.05) is 31.9 Å². The lowest BCUT2D eigenvalue weighted by molar-refractivity contribution is -0.137. The predicted molar refractivity (Wildman–Crippen MR) is 75.9 cm³/mol. The van der Waals surface area contributed by atoms with Crippen molar-refractivity contribution in [3.63, 3.8) is 0 Å². The fourth-order valence-electron chi connectivity index (χ4n) is 1.91. The van der Waals surface area contributed by atoms with Gasteiger partial charge in [-0.25, -0.2) is 5.48 Å². The zero-order chi connectivity index (χ0) is 14.2. The fraction of sp³-hybridized carbons (Fsp3) is 0.333. The van der Waals surface area contributed by atoms with Crippen LogP contribution in [0.2, 0.25) is 0 Å². The van der Waals surface area contributed by atoms with Gasteiger partial charge >= 0.3 is 0 Å². The smallest absolute Gasteiger partial charge is 0.266 e. The van der Waals surface area contributed by atoms with E-state index in [1.807, 2.05) is 6.92 Å². The molecule has 0 unspecified atom stereocenters. The first kappa shape index (κ1) is 14.5. The maximum Gasteiger partial charge on any atom is 0.266 e. The van der Waals surface area contributed by atoms with E-state index in [2.05, 4.69) is 31.9 Å². The second-order valence-electron chi connectivity index (χ2n) is 4.34. The summed E-state index contributed by atoms with van der Waals surface area (Å²) in [5, 5.41) is 8.61. The van der Waals surface area contributed by atoms with E-state index in [-0.39, 0.29) is 5.91 Å². The van der Waals surface area contributed by atoms with Gasteiger partial charge in [0.1, 0.15) is 6.04 Å². The zero-order valence-electron chi connectivity index (χ0n) is 10.1. The van der Waals surface area contributed by atoms with Gasteiger partial charge in [0, 0.05) is 21.1 Å². The number of amides is 2. The molecule has 1 aromatic carbocycles. The Balaban J connectivity index is 2.23. The molecular formula is C12H12Br2N2O3. The molecule has 1 saturated heterocycles. The number of likely N-dealkylation sites (tertiary alicyclic amines) is 1. The molecule has 1 aromatic rings. The molecule has 0 spiro atoms. The summed E-state index contributed by atoms with van der Waals surface area (Å²) in [5.41, 5.74) is 3.09. The van der Waals surface area contributed by atoms with Crippen molar-refractivity contribution in [3.05, 3.63) is 32.2 Å². The molecule has 102 valence electrons. The van der Waals surface area contributed by atoms with Crippen molar-refractivity contribution in [1.82, 2.24) is 10.4 Å². The molecule has 0 aromatic heterocycles. The van der Waals surface area contributed by atoms with E-state index in [1.54, 1.807) is 17.6 Å². The summed E-state index contributed by atoms with van der Waals surface area (Å²) in [6.45, 7) is 2.44. The number of nitrogens with one attached hydrogen (secondary N) is 1. The van der Waals surface area contributed by atoms with E-state index in [4.69, 9.17) is 5.21 Å². The Bertz CT molecular complexity index is 525. The molecule has 1 aliphatic rings. The highest BCUT2D eigenvalue weighted by atomic mass is 79.9. The van der Waals surface area contributed by atoms with E-state index in [0.29, 0.717) is 18.5 Å². The summed E-state index contributed by atoms with van der Waals surface area (Å²) < 4.78 is 1.66. The normalized spacial score (nSPS) is 17.9. The second-order valence-corrected chi connectivity index (χ2v) is 6.05. The van der Waals surface area contributed by atoms with Gasteiger partial charge in [0.2, 0.25) is 0 Å². The van der Waals surface area contributed by atoms with Gasteiger partial charge in [-0.3, -0.25) is 14.8 Å². The standard InChI is InChI=1S/C12H12Br2N2O3/c1-6-8(13)4-7(5-9(6)14)12(18)16-3-2-10(16)11(17)15-19/h4-5,10,19H,2-3H2,1H3,(H,15,17)/t10-/m1/s1. The topological polar surface area (TPSA) is 69.6 Å². The maximum absolute atomic E-state index is 12.3. The minimum absolute atomic E-state index is 0.221. The van der Waals surface area contributed by atoms with Crippen LogP contribution in [-0.2, 0) is 4.79 Å². The van der Waals surface area contributed by atoms with Crippen molar-refractivity contribution in [2.45, 2.75) is 19.4 Å². The van der Waals surface area contributed by atoms with Crippen molar-refractivity contribution >= 4 is 43.7 Å². The summed E-state index contributed by atoms with van der Waals surface area (Å²) in [6.07, 6.45) is 0.562. The van der Waals surface area contributed by atoms with Crippen molar-refractivity contribution in [3.8, 4) is 0 Å². The van der Waals surface area contributed by atoms with Gasteiger partial charge < -0.3 is 4.90 Å². The Morgan fingerprint density at radius 2 is 1.95 bits per heavy atom. The molecule has 0 aliphatic carbocycles. The molecule has 0 radical (unpaired) electrons.